The normalized spacial score (nSPS) is 15.6. The predicted octanol–water partition coefficient (Wildman–Crippen LogP) is 4.80. The van der Waals surface area contributed by atoms with E-state index in [9.17, 15) is 4.79 Å². The Morgan fingerprint density at radius 3 is 2.86 bits per heavy atom. The molecular formula is C26H22ClN5O2S. The lowest BCUT2D eigenvalue weighted by Gasteiger charge is -2.15. The molecule has 6 rings (SSSR count). The van der Waals surface area contributed by atoms with E-state index in [2.05, 4.69) is 27.2 Å². The van der Waals surface area contributed by atoms with E-state index in [1.807, 2.05) is 59.2 Å². The standard InChI is InChI=1S/C26H22ClN5O2S/c1-15-30-23-22-20(10-12-29-26(22)35-24(23)25(33)31-16-9-11-28-14-16)32(15)17-7-8-21(19(27)13-17)34-18-5-3-2-4-6-18/h2-8,10,12-13,16,28,30H,1,9,11,14H2,(H,31,33)/t16-/m1/s1. The number of benzene rings is 2. The zero-order valence-corrected chi connectivity index (χ0v) is 20.2. The molecule has 1 atom stereocenters. The minimum atomic E-state index is -0.0955. The number of halogens is 1. The third-order valence-corrected chi connectivity index (χ3v) is 7.49. The number of hydrogen-bond donors (Lipinski definition) is 3. The number of rotatable bonds is 5. The van der Waals surface area contributed by atoms with Crippen LogP contribution in [0.25, 0.3) is 33.5 Å². The van der Waals surface area contributed by atoms with Gasteiger partial charge in [0, 0.05) is 24.5 Å². The van der Waals surface area contributed by atoms with Gasteiger partial charge in [0.1, 0.15) is 26.7 Å². The van der Waals surface area contributed by atoms with Crippen molar-refractivity contribution in [3.63, 3.8) is 0 Å². The van der Waals surface area contributed by atoms with Crippen LogP contribution in [0.4, 0.5) is 0 Å². The highest BCUT2D eigenvalue weighted by atomic mass is 35.5. The van der Waals surface area contributed by atoms with E-state index < -0.39 is 0 Å². The van der Waals surface area contributed by atoms with Gasteiger partial charge in [0.2, 0.25) is 0 Å². The Labute approximate surface area is 210 Å². The molecule has 7 nitrogen and oxygen atoms in total. The first kappa shape index (κ1) is 21.9. The lowest BCUT2D eigenvalue weighted by Crippen LogP contribution is -2.36. The second-order valence-corrected chi connectivity index (χ2v) is 9.82. The summed E-state index contributed by atoms with van der Waals surface area (Å²) in [4.78, 5) is 22.4. The van der Waals surface area contributed by atoms with Crippen LogP contribution in [-0.2, 0) is 0 Å². The molecule has 176 valence electrons. The molecule has 5 aromatic rings. The van der Waals surface area contributed by atoms with Gasteiger partial charge in [0.05, 0.1) is 21.4 Å². The number of nitrogens with one attached hydrogen (secondary N) is 3. The second kappa shape index (κ2) is 8.88. The fourth-order valence-electron chi connectivity index (χ4n) is 4.47. The van der Waals surface area contributed by atoms with Gasteiger partial charge < -0.3 is 20.4 Å². The average molecular weight is 504 g/mol. The SMILES string of the molecule is C=c1[nH]c2c(C(=O)N[C@@H]3CCNC3)sc3nccc(c32)n1-c1ccc(Oc2ccccc2)c(Cl)c1. The van der Waals surface area contributed by atoms with E-state index in [-0.39, 0.29) is 11.9 Å². The van der Waals surface area contributed by atoms with Crippen LogP contribution in [-0.4, -0.2) is 39.6 Å². The molecule has 0 radical (unpaired) electrons. The summed E-state index contributed by atoms with van der Waals surface area (Å²) in [5.74, 6) is 1.18. The topological polar surface area (TPSA) is 84.0 Å². The lowest BCUT2D eigenvalue weighted by atomic mass is 10.2. The quantitative estimate of drug-likeness (QED) is 0.322. The summed E-state index contributed by atoms with van der Waals surface area (Å²) in [7, 11) is 0. The number of ether oxygens (including phenoxy) is 1. The summed E-state index contributed by atoms with van der Waals surface area (Å²) in [6, 6.07) is 17.2. The van der Waals surface area contributed by atoms with Gasteiger partial charge >= 0.3 is 0 Å². The van der Waals surface area contributed by atoms with Crippen LogP contribution in [0.2, 0.25) is 5.02 Å². The van der Waals surface area contributed by atoms with Crippen molar-refractivity contribution in [2.45, 2.75) is 12.5 Å². The molecule has 35 heavy (non-hydrogen) atoms. The molecule has 1 saturated heterocycles. The number of amides is 1. The van der Waals surface area contributed by atoms with Gasteiger partial charge in [-0.15, -0.1) is 11.3 Å². The van der Waals surface area contributed by atoms with Crippen LogP contribution in [0.5, 0.6) is 11.5 Å². The molecule has 1 fully saturated rings. The monoisotopic (exact) mass is 503 g/mol. The smallest absolute Gasteiger partial charge is 0.263 e. The van der Waals surface area contributed by atoms with Gasteiger partial charge in [-0.1, -0.05) is 36.4 Å². The molecule has 0 aliphatic carbocycles. The van der Waals surface area contributed by atoms with E-state index in [0.29, 0.717) is 26.9 Å². The van der Waals surface area contributed by atoms with E-state index in [1.54, 1.807) is 6.20 Å². The minimum absolute atomic E-state index is 0.0955. The Bertz CT molecular complexity index is 1620. The number of thiophene rings is 1. The third-order valence-electron chi connectivity index (χ3n) is 6.10. The molecule has 2 aromatic carbocycles. The Hall–Kier alpha value is -3.59. The Balaban J connectivity index is 1.42. The molecular weight excluding hydrogens is 482 g/mol. The summed E-state index contributed by atoms with van der Waals surface area (Å²) in [5.41, 5.74) is 3.07. The Morgan fingerprint density at radius 2 is 2.09 bits per heavy atom. The van der Waals surface area contributed by atoms with Crippen LogP contribution in [0.1, 0.15) is 16.1 Å². The van der Waals surface area contributed by atoms with Crippen molar-refractivity contribution in [1.29, 1.82) is 0 Å². The number of aromatic amines is 1. The van der Waals surface area contributed by atoms with Crippen LogP contribution >= 0.6 is 22.9 Å². The summed E-state index contributed by atoms with van der Waals surface area (Å²) < 4.78 is 7.91. The first-order valence-electron chi connectivity index (χ1n) is 11.3. The summed E-state index contributed by atoms with van der Waals surface area (Å²) in [5, 5.41) is 7.78. The number of pyridine rings is 1. The summed E-state index contributed by atoms with van der Waals surface area (Å²) >= 11 is 7.99. The van der Waals surface area contributed by atoms with Gasteiger partial charge in [-0.3, -0.25) is 9.36 Å². The van der Waals surface area contributed by atoms with E-state index >= 15 is 0 Å². The van der Waals surface area contributed by atoms with Crippen molar-refractivity contribution in [1.82, 2.24) is 25.2 Å². The zero-order valence-electron chi connectivity index (χ0n) is 18.7. The van der Waals surface area contributed by atoms with Gasteiger partial charge in [-0.2, -0.15) is 0 Å². The highest BCUT2D eigenvalue weighted by Crippen LogP contribution is 2.35. The van der Waals surface area contributed by atoms with Crippen molar-refractivity contribution in [3.8, 4) is 17.2 Å². The molecule has 0 bridgehead atoms. The number of hydrogen-bond acceptors (Lipinski definition) is 5. The number of H-pyrrole nitrogens is 1. The maximum atomic E-state index is 13.1. The number of carbonyl (C=O) groups excluding carboxylic acids is 1. The van der Waals surface area contributed by atoms with Crippen molar-refractivity contribution >= 4 is 56.7 Å². The largest absolute Gasteiger partial charge is 0.456 e. The van der Waals surface area contributed by atoms with E-state index in [1.165, 1.54) is 11.3 Å². The van der Waals surface area contributed by atoms with Crippen molar-refractivity contribution < 1.29 is 9.53 Å². The van der Waals surface area contributed by atoms with Gasteiger partial charge in [-0.25, -0.2) is 4.98 Å². The van der Waals surface area contributed by atoms with Crippen molar-refractivity contribution in [2.75, 3.05) is 13.1 Å². The molecule has 3 N–H and O–H groups in total. The molecule has 0 spiro atoms. The first-order valence-corrected chi connectivity index (χ1v) is 12.5. The number of aromatic nitrogens is 3. The van der Waals surface area contributed by atoms with Crippen LogP contribution in [0.15, 0.2) is 60.8 Å². The molecule has 1 aliphatic rings. The van der Waals surface area contributed by atoms with Crippen LogP contribution in [0.3, 0.4) is 0 Å². The first-order chi connectivity index (χ1) is 17.1. The molecule has 0 saturated carbocycles. The fourth-order valence-corrected chi connectivity index (χ4v) is 5.70. The zero-order chi connectivity index (χ0) is 23.9. The van der Waals surface area contributed by atoms with E-state index in [4.69, 9.17) is 16.3 Å². The van der Waals surface area contributed by atoms with Crippen molar-refractivity contribution in [3.05, 3.63) is 76.2 Å². The molecule has 1 aliphatic heterocycles. The number of nitrogens with zero attached hydrogens (tertiary/aromatic N) is 2. The minimum Gasteiger partial charge on any atom is -0.456 e. The number of carbonyl (C=O) groups is 1. The van der Waals surface area contributed by atoms with Crippen molar-refractivity contribution in [2.24, 2.45) is 0 Å². The highest BCUT2D eigenvalue weighted by molar-refractivity contribution is 7.21. The Kier molecular flexibility index (Phi) is 5.56. The maximum absolute atomic E-state index is 13.1. The fraction of sp³-hybridized carbons (Fsp3) is 0.154. The molecule has 3 aromatic heterocycles. The molecule has 1 amide bonds. The molecule has 9 heteroatoms. The predicted molar refractivity (Wildman–Crippen MR) is 141 cm³/mol. The Morgan fingerprint density at radius 1 is 1.23 bits per heavy atom. The van der Waals surface area contributed by atoms with Gasteiger partial charge in [0.15, 0.2) is 0 Å². The second-order valence-electron chi connectivity index (χ2n) is 8.42. The molecule has 4 heterocycles. The van der Waals surface area contributed by atoms with Gasteiger partial charge in [0.25, 0.3) is 5.91 Å². The lowest BCUT2D eigenvalue weighted by molar-refractivity contribution is 0.0945. The molecule has 0 unspecified atom stereocenters. The van der Waals surface area contributed by atoms with Crippen LogP contribution in [0, 0.1) is 0 Å². The third kappa shape index (κ3) is 3.99. The highest BCUT2D eigenvalue weighted by Gasteiger charge is 2.23. The number of para-hydroxylation sites is 1. The summed E-state index contributed by atoms with van der Waals surface area (Å²) in [6.45, 7) is 5.94. The van der Waals surface area contributed by atoms with Gasteiger partial charge in [-0.05, 0) is 49.4 Å². The van der Waals surface area contributed by atoms with Crippen LogP contribution < -0.4 is 20.9 Å². The maximum Gasteiger partial charge on any atom is 0.263 e. The van der Waals surface area contributed by atoms with E-state index in [0.717, 1.165) is 46.4 Å². The average Bonchev–Trinajstić information content (AvgIpc) is 3.50. The summed E-state index contributed by atoms with van der Waals surface area (Å²) in [6.07, 6.45) is 2.68.